The second-order valence-corrected chi connectivity index (χ2v) is 6.21. The summed E-state index contributed by atoms with van der Waals surface area (Å²) in [5.41, 5.74) is 1.79. The van der Waals surface area contributed by atoms with E-state index >= 15 is 0 Å². The smallest absolute Gasteiger partial charge is 0.191 e. The third-order valence-corrected chi connectivity index (χ3v) is 4.39. The minimum atomic E-state index is -0.366. The fourth-order valence-corrected chi connectivity index (χ4v) is 2.82. The largest absolute Gasteiger partial charge is 0.491 e. The van der Waals surface area contributed by atoms with Crippen molar-refractivity contribution in [1.82, 2.24) is 15.8 Å². The molecule has 1 aromatic heterocycles. The van der Waals surface area contributed by atoms with E-state index in [9.17, 15) is 4.39 Å². The Bertz CT molecular complexity index is 741. The maximum Gasteiger partial charge on any atom is 0.191 e. The highest BCUT2D eigenvalue weighted by atomic mass is 19.1. The summed E-state index contributed by atoms with van der Waals surface area (Å²) in [7, 11) is 1.68. The molecule has 0 atom stereocenters. The highest BCUT2D eigenvalue weighted by Gasteiger charge is 2.13. The molecule has 0 fully saturated rings. The van der Waals surface area contributed by atoms with Crippen molar-refractivity contribution in [3.05, 3.63) is 47.1 Å². The second-order valence-electron chi connectivity index (χ2n) is 6.21. The van der Waals surface area contributed by atoms with Crippen LogP contribution in [0.15, 0.2) is 33.8 Å². The highest BCUT2D eigenvalue weighted by molar-refractivity contribution is 5.79. The summed E-state index contributed by atoms with van der Waals surface area (Å²) in [4.78, 5) is 4.18. The number of halogens is 1. The number of aliphatic imine (C=N–C) groups is 1. The average Bonchev–Trinajstić information content (AvgIpc) is 3.14. The van der Waals surface area contributed by atoms with Gasteiger partial charge < -0.3 is 19.9 Å². The standard InChI is InChI=1S/C20H29FN4O2/c1-5-15(6-2)18-11-16(27-25-18)13-24-20(22-4)23-12-14-8-9-19(26-7-3)17(21)10-14/h8-11,15H,5-7,12-13H2,1-4H3,(H2,22,23,24). The first-order valence-electron chi connectivity index (χ1n) is 9.42. The SMILES string of the molecule is CCOc1ccc(CNC(=NC)NCc2cc(C(CC)CC)no2)cc1F. The number of nitrogens with zero attached hydrogens (tertiary/aromatic N) is 2. The molecule has 0 unspecified atom stereocenters. The molecule has 0 saturated carbocycles. The molecule has 0 aliphatic rings. The van der Waals surface area contributed by atoms with Crippen LogP contribution in [0.5, 0.6) is 5.75 Å². The summed E-state index contributed by atoms with van der Waals surface area (Å²) in [5.74, 6) is 1.68. The zero-order chi connectivity index (χ0) is 19.6. The van der Waals surface area contributed by atoms with Gasteiger partial charge in [0.05, 0.1) is 18.8 Å². The molecule has 0 aliphatic carbocycles. The number of nitrogens with one attached hydrogen (secondary N) is 2. The fraction of sp³-hybridized carbons (Fsp3) is 0.500. The number of aromatic nitrogens is 1. The van der Waals surface area contributed by atoms with Gasteiger partial charge in [0.25, 0.3) is 0 Å². The van der Waals surface area contributed by atoms with E-state index in [0.717, 1.165) is 29.9 Å². The third-order valence-electron chi connectivity index (χ3n) is 4.39. The van der Waals surface area contributed by atoms with E-state index in [1.807, 2.05) is 19.1 Å². The summed E-state index contributed by atoms with van der Waals surface area (Å²) in [6.07, 6.45) is 2.08. The molecular weight excluding hydrogens is 347 g/mol. The lowest BCUT2D eigenvalue weighted by Crippen LogP contribution is -2.36. The quantitative estimate of drug-likeness (QED) is 0.512. The van der Waals surface area contributed by atoms with Crippen LogP contribution in [-0.4, -0.2) is 24.8 Å². The number of benzene rings is 1. The molecule has 2 rings (SSSR count). The summed E-state index contributed by atoms with van der Waals surface area (Å²) in [5, 5.41) is 10.5. The normalized spacial score (nSPS) is 11.7. The predicted octanol–water partition coefficient (Wildman–Crippen LogP) is 3.98. The third kappa shape index (κ3) is 5.98. The maximum absolute atomic E-state index is 13.9. The van der Waals surface area contributed by atoms with Crippen LogP contribution in [0.1, 0.15) is 56.5 Å². The maximum atomic E-state index is 13.9. The molecule has 0 saturated heterocycles. The lowest BCUT2D eigenvalue weighted by atomic mass is 9.99. The van der Waals surface area contributed by atoms with E-state index in [0.29, 0.717) is 31.6 Å². The first-order valence-corrected chi connectivity index (χ1v) is 9.42. The van der Waals surface area contributed by atoms with Crippen LogP contribution in [0.25, 0.3) is 0 Å². The van der Waals surface area contributed by atoms with E-state index in [-0.39, 0.29) is 11.6 Å². The minimum absolute atomic E-state index is 0.266. The molecule has 1 heterocycles. The Kier molecular flexibility index (Phi) is 8.10. The van der Waals surface area contributed by atoms with Crippen LogP contribution in [0, 0.1) is 5.82 Å². The average molecular weight is 376 g/mol. The van der Waals surface area contributed by atoms with Gasteiger partial charge in [0.2, 0.25) is 0 Å². The van der Waals surface area contributed by atoms with Crippen LogP contribution in [-0.2, 0) is 13.1 Å². The molecule has 0 radical (unpaired) electrons. The van der Waals surface area contributed by atoms with Crippen molar-refractivity contribution in [1.29, 1.82) is 0 Å². The molecule has 27 heavy (non-hydrogen) atoms. The number of hydrogen-bond acceptors (Lipinski definition) is 4. The monoisotopic (exact) mass is 376 g/mol. The Morgan fingerprint density at radius 2 is 1.93 bits per heavy atom. The van der Waals surface area contributed by atoms with Crippen LogP contribution < -0.4 is 15.4 Å². The van der Waals surface area contributed by atoms with E-state index < -0.39 is 0 Å². The molecule has 1 aromatic carbocycles. The topological polar surface area (TPSA) is 71.7 Å². The zero-order valence-corrected chi connectivity index (χ0v) is 16.5. The molecule has 2 aromatic rings. The van der Waals surface area contributed by atoms with Gasteiger partial charge in [-0.05, 0) is 37.5 Å². The van der Waals surface area contributed by atoms with E-state index in [1.54, 1.807) is 13.1 Å². The number of ether oxygens (including phenoxy) is 1. The molecule has 6 nitrogen and oxygen atoms in total. The lowest BCUT2D eigenvalue weighted by Gasteiger charge is -2.12. The molecule has 0 aliphatic heterocycles. The van der Waals surface area contributed by atoms with Gasteiger partial charge in [-0.2, -0.15) is 0 Å². The van der Waals surface area contributed by atoms with Gasteiger partial charge in [-0.25, -0.2) is 4.39 Å². The van der Waals surface area contributed by atoms with Gasteiger partial charge in [-0.1, -0.05) is 25.1 Å². The molecular formula is C20H29FN4O2. The minimum Gasteiger partial charge on any atom is -0.491 e. The Morgan fingerprint density at radius 3 is 2.56 bits per heavy atom. The fourth-order valence-electron chi connectivity index (χ4n) is 2.82. The summed E-state index contributed by atoms with van der Waals surface area (Å²) >= 11 is 0. The second kappa shape index (κ2) is 10.5. The van der Waals surface area contributed by atoms with Crippen molar-refractivity contribution in [3.8, 4) is 5.75 Å². The molecule has 0 amide bonds. The molecule has 148 valence electrons. The lowest BCUT2D eigenvalue weighted by molar-refractivity contribution is 0.321. The Labute approximate surface area is 160 Å². The van der Waals surface area contributed by atoms with Gasteiger partial charge in [0, 0.05) is 25.6 Å². The van der Waals surface area contributed by atoms with Gasteiger partial charge in [-0.3, -0.25) is 4.99 Å². The summed E-state index contributed by atoms with van der Waals surface area (Å²) < 4.78 is 24.5. The van der Waals surface area contributed by atoms with Crippen molar-refractivity contribution in [2.45, 2.75) is 52.6 Å². The first kappa shape index (κ1) is 20.7. The van der Waals surface area contributed by atoms with Crippen molar-refractivity contribution in [2.75, 3.05) is 13.7 Å². The van der Waals surface area contributed by atoms with E-state index in [2.05, 4.69) is 34.6 Å². The van der Waals surface area contributed by atoms with Gasteiger partial charge >= 0.3 is 0 Å². The van der Waals surface area contributed by atoms with E-state index in [4.69, 9.17) is 9.26 Å². The van der Waals surface area contributed by atoms with Crippen molar-refractivity contribution < 1.29 is 13.7 Å². The van der Waals surface area contributed by atoms with Crippen molar-refractivity contribution in [3.63, 3.8) is 0 Å². The Balaban J connectivity index is 1.87. The summed E-state index contributed by atoms with van der Waals surface area (Å²) in [6.45, 7) is 7.48. The number of guanidine groups is 1. The molecule has 7 heteroatoms. The summed E-state index contributed by atoms with van der Waals surface area (Å²) in [6, 6.07) is 6.91. The molecule has 2 N–H and O–H groups in total. The predicted molar refractivity (Wildman–Crippen MR) is 104 cm³/mol. The first-order chi connectivity index (χ1) is 13.1. The molecule has 0 bridgehead atoms. The molecule has 0 spiro atoms. The van der Waals surface area contributed by atoms with E-state index in [1.165, 1.54) is 6.07 Å². The van der Waals surface area contributed by atoms with Crippen molar-refractivity contribution in [2.24, 2.45) is 4.99 Å². The Morgan fingerprint density at radius 1 is 1.19 bits per heavy atom. The Hall–Kier alpha value is -2.57. The van der Waals surface area contributed by atoms with Crippen LogP contribution >= 0.6 is 0 Å². The number of hydrogen-bond donors (Lipinski definition) is 2. The van der Waals surface area contributed by atoms with Crippen molar-refractivity contribution >= 4 is 5.96 Å². The van der Waals surface area contributed by atoms with Crippen LogP contribution in [0.2, 0.25) is 0 Å². The zero-order valence-electron chi connectivity index (χ0n) is 16.5. The van der Waals surface area contributed by atoms with Gasteiger partial charge in [0.1, 0.15) is 0 Å². The van der Waals surface area contributed by atoms with Crippen LogP contribution in [0.3, 0.4) is 0 Å². The van der Waals surface area contributed by atoms with Gasteiger partial charge in [0.15, 0.2) is 23.3 Å². The van der Waals surface area contributed by atoms with Crippen LogP contribution in [0.4, 0.5) is 4.39 Å². The number of rotatable bonds is 9. The van der Waals surface area contributed by atoms with Gasteiger partial charge in [-0.15, -0.1) is 0 Å². The highest BCUT2D eigenvalue weighted by Crippen LogP contribution is 2.22.